The quantitative estimate of drug-likeness (QED) is 0.613. The van der Waals surface area contributed by atoms with Gasteiger partial charge in [0.25, 0.3) is 5.91 Å². The van der Waals surface area contributed by atoms with Crippen molar-refractivity contribution in [2.45, 2.75) is 6.92 Å². The molecule has 1 aromatic rings. The summed E-state index contributed by atoms with van der Waals surface area (Å²) in [6.45, 7) is 1.80. The lowest BCUT2D eigenvalue weighted by Crippen LogP contribution is -2.40. The van der Waals surface area contributed by atoms with Crippen LogP contribution in [0, 0.1) is 10.1 Å². The SMILES string of the molecule is CCN(CC(=O)N(C)C)C(=O)c1cccc(Cl)c1[N+](=O)[O-]. The molecular formula is C13H16ClN3O4. The van der Waals surface area contributed by atoms with Crippen LogP contribution in [0.4, 0.5) is 5.69 Å². The second kappa shape index (κ2) is 7.03. The van der Waals surface area contributed by atoms with E-state index in [2.05, 4.69) is 0 Å². The van der Waals surface area contributed by atoms with Crippen LogP contribution >= 0.6 is 11.6 Å². The fourth-order valence-electron chi connectivity index (χ4n) is 1.68. The van der Waals surface area contributed by atoms with Gasteiger partial charge >= 0.3 is 5.69 Å². The Kier molecular flexibility index (Phi) is 5.66. The van der Waals surface area contributed by atoms with Gasteiger partial charge < -0.3 is 9.80 Å². The molecule has 1 rings (SSSR count). The van der Waals surface area contributed by atoms with Crippen LogP contribution in [0.1, 0.15) is 17.3 Å². The third-order valence-electron chi connectivity index (χ3n) is 2.89. The van der Waals surface area contributed by atoms with E-state index >= 15 is 0 Å². The minimum absolute atomic E-state index is 0.110. The van der Waals surface area contributed by atoms with Crippen LogP contribution in [-0.2, 0) is 4.79 Å². The van der Waals surface area contributed by atoms with Gasteiger partial charge in [-0.1, -0.05) is 17.7 Å². The molecule has 0 saturated heterocycles. The van der Waals surface area contributed by atoms with Crippen molar-refractivity contribution in [1.82, 2.24) is 9.80 Å². The Hall–Kier alpha value is -2.15. The predicted octanol–water partition coefficient (Wildman–Crippen LogP) is 1.80. The first-order chi connectivity index (χ1) is 9.79. The molecule has 0 N–H and O–H groups in total. The van der Waals surface area contributed by atoms with Crippen molar-refractivity contribution in [1.29, 1.82) is 0 Å². The number of likely N-dealkylation sites (N-methyl/N-ethyl adjacent to an activating group) is 2. The smallest absolute Gasteiger partial charge is 0.300 e. The normalized spacial score (nSPS) is 10.1. The second-order valence-electron chi connectivity index (χ2n) is 4.50. The Bertz CT molecular complexity index is 575. The van der Waals surface area contributed by atoms with Crippen LogP contribution in [0.15, 0.2) is 18.2 Å². The van der Waals surface area contributed by atoms with Crippen molar-refractivity contribution in [3.63, 3.8) is 0 Å². The van der Waals surface area contributed by atoms with Gasteiger partial charge in [-0.3, -0.25) is 19.7 Å². The van der Waals surface area contributed by atoms with Crippen molar-refractivity contribution >= 4 is 29.1 Å². The Morgan fingerprint density at radius 1 is 1.33 bits per heavy atom. The molecule has 0 saturated carbocycles. The van der Waals surface area contributed by atoms with Crippen molar-refractivity contribution in [2.24, 2.45) is 0 Å². The zero-order chi connectivity index (χ0) is 16.2. The number of benzene rings is 1. The van der Waals surface area contributed by atoms with Crippen LogP contribution in [0.3, 0.4) is 0 Å². The van der Waals surface area contributed by atoms with Crippen LogP contribution in [0.5, 0.6) is 0 Å². The Morgan fingerprint density at radius 2 is 1.95 bits per heavy atom. The van der Waals surface area contributed by atoms with Gasteiger partial charge in [0.15, 0.2) is 0 Å². The van der Waals surface area contributed by atoms with Gasteiger partial charge in [-0.25, -0.2) is 0 Å². The monoisotopic (exact) mass is 313 g/mol. The molecular weight excluding hydrogens is 298 g/mol. The highest BCUT2D eigenvalue weighted by atomic mass is 35.5. The third-order valence-corrected chi connectivity index (χ3v) is 3.20. The van der Waals surface area contributed by atoms with Gasteiger partial charge in [0.2, 0.25) is 5.91 Å². The maximum Gasteiger partial charge on any atom is 0.300 e. The molecule has 21 heavy (non-hydrogen) atoms. The van der Waals surface area contributed by atoms with Crippen LogP contribution in [0.2, 0.25) is 5.02 Å². The molecule has 0 radical (unpaired) electrons. The van der Waals surface area contributed by atoms with Crippen molar-refractivity contribution in [3.8, 4) is 0 Å². The number of amides is 2. The lowest BCUT2D eigenvalue weighted by Gasteiger charge is -2.22. The number of hydrogen-bond donors (Lipinski definition) is 0. The van der Waals surface area contributed by atoms with Gasteiger partial charge in [0.05, 0.1) is 11.5 Å². The number of rotatable bonds is 5. The van der Waals surface area contributed by atoms with E-state index < -0.39 is 16.5 Å². The lowest BCUT2D eigenvalue weighted by molar-refractivity contribution is -0.385. The molecule has 0 fully saturated rings. The van der Waals surface area contributed by atoms with Gasteiger partial charge in [-0.2, -0.15) is 0 Å². The van der Waals surface area contributed by atoms with E-state index in [1.807, 2.05) is 0 Å². The van der Waals surface area contributed by atoms with E-state index in [1.165, 1.54) is 28.0 Å². The fraction of sp³-hybridized carbons (Fsp3) is 0.385. The molecule has 114 valence electrons. The number of para-hydroxylation sites is 1. The standard InChI is InChI=1S/C13H16ClN3O4/c1-4-16(8-11(18)15(2)3)13(19)9-6-5-7-10(14)12(9)17(20)21/h5-7H,4,8H2,1-3H3. The first kappa shape index (κ1) is 16.9. The number of hydrogen-bond acceptors (Lipinski definition) is 4. The average Bonchev–Trinajstić information content (AvgIpc) is 2.42. The summed E-state index contributed by atoms with van der Waals surface area (Å²) in [6.07, 6.45) is 0. The summed E-state index contributed by atoms with van der Waals surface area (Å²) in [6, 6.07) is 4.14. The van der Waals surface area contributed by atoms with Gasteiger partial charge in [0, 0.05) is 20.6 Å². The Labute approximate surface area is 127 Å². The van der Waals surface area contributed by atoms with Crippen LogP contribution in [0.25, 0.3) is 0 Å². The van der Waals surface area contributed by atoms with Gasteiger partial charge in [-0.05, 0) is 19.1 Å². The summed E-state index contributed by atoms with van der Waals surface area (Å²) in [7, 11) is 3.14. The van der Waals surface area contributed by atoms with Crippen molar-refractivity contribution in [3.05, 3.63) is 38.9 Å². The second-order valence-corrected chi connectivity index (χ2v) is 4.91. The van der Waals surface area contributed by atoms with E-state index in [4.69, 9.17) is 11.6 Å². The number of nitro groups is 1. The zero-order valence-corrected chi connectivity index (χ0v) is 12.8. The zero-order valence-electron chi connectivity index (χ0n) is 12.0. The molecule has 0 aliphatic carbocycles. The van der Waals surface area contributed by atoms with E-state index in [0.29, 0.717) is 0 Å². The van der Waals surface area contributed by atoms with Crippen molar-refractivity contribution < 1.29 is 14.5 Å². The van der Waals surface area contributed by atoms with E-state index in [1.54, 1.807) is 21.0 Å². The Balaban J connectivity index is 3.14. The van der Waals surface area contributed by atoms with Gasteiger partial charge in [-0.15, -0.1) is 0 Å². The molecule has 7 nitrogen and oxygen atoms in total. The lowest BCUT2D eigenvalue weighted by atomic mass is 10.1. The molecule has 0 spiro atoms. The predicted molar refractivity (Wildman–Crippen MR) is 78.4 cm³/mol. The first-order valence-electron chi connectivity index (χ1n) is 6.21. The van der Waals surface area contributed by atoms with Crippen LogP contribution < -0.4 is 0 Å². The largest absolute Gasteiger partial charge is 0.347 e. The molecule has 0 atom stereocenters. The van der Waals surface area contributed by atoms with E-state index in [9.17, 15) is 19.7 Å². The van der Waals surface area contributed by atoms with Crippen molar-refractivity contribution in [2.75, 3.05) is 27.2 Å². The summed E-state index contributed by atoms with van der Waals surface area (Å²) in [4.78, 5) is 37.1. The minimum Gasteiger partial charge on any atom is -0.347 e. The highest BCUT2D eigenvalue weighted by Crippen LogP contribution is 2.29. The molecule has 1 aromatic carbocycles. The summed E-state index contributed by atoms with van der Waals surface area (Å²) in [5.41, 5.74) is -0.569. The summed E-state index contributed by atoms with van der Waals surface area (Å²) >= 11 is 5.78. The molecule has 0 aliphatic rings. The summed E-state index contributed by atoms with van der Waals surface area (Å²) in [5, 5.41) is 11.0. The molecule has 0 aliphatic heterocycles. The number of carbonyl (C=O) groups excluding carboxylic acids is 2. The molecule has 2 amide bonds. The minimum atomic E-state index is -0.697. The molecule has 8 heteroatoms. The van der Waals surface area contributed by atoms with Crippen LogP contribution in [-0.4, -0.2) is 53.7 Å². The number of halogens is 1. The average molecular weight is 314 g/mol. The fourth-order valence-corrected chi connectivity index (χ4v) is 1.92. The molecule has 0 aromatic heterocycles. The summed E-state index contributed by atoms with van der Waals surface area (Å²) in [5.74, 6) is -0.864. The summed E-state index contributed by atoms with van der Waals surface area (Å²) < 4.78 is 0. The number of nitro benzene ring substituents is 1. The molecule has 0 heterocycles. The topological polar surface area (TPSA) is 83.8 Å². The van der Waals surface area contributed by atoms with E-state index in [0.717, 1.165) is 0 Å². The third kappa shape index (κ3) is 3.91. The maximum absolute atomic E-state index is 12.4. The highest BCUT2D eigenvalue weighted by Gasteiger charge is 2.27. The number of nitrogens with zero attached hydrogens (tertiary/aromatic N) is 3. The molecule has 0 bridgehead atoms. The molecule has 0 unspecified atom stereocenters. The Morgan fingerprint density at radius 3 is 2.43 bits per heavy atom. The maximum atomic E-state index is 12.4. The first-order valence-corrected chi connectivity index (χ1v) is 6.59. The highest BCUT2D eigenvalue weighted by molar-refractivity contribution is 6.33. The number of carbonyl (C=O) groups is 2. The van der Waals surface area contributed by atoms with Gasteiger partial charge in [0.1, 0.15) is 10.6 Å². The van der Waals surface area contributed by atoms with E-state index in [-0.39, 0.29) is 29.6 Å².